The van der Waals surface area contributed by atoms with Gasteiger partial charge in [-0.15, -0.1) is 10.2 Å². The Bertz CT molecular complexity index is 1600. The Kier molecular flexibility index (Phi) is 8.42. The molecule has 0 aliphatic carbocycles. The minimum Gasteiger partial charge on any atom is -0.493 e. The van der Waals surface area contributed by atoms with E-state index in [9.17, 15) is 4.79 Å². The molecule has 0 aliphatic rings. The second kappa shape index (κ2) is 12.5. The maximum absolute atomic E-state index is 12.2. The van der Waals surface area contributed by atoms with E-state index in [-0.39, 0.29) is 6.03 Å². The number of anilines is 1. The Morgan fingerprint density at radius 2 is 1.90 bits per heavy atom. The number of amides is 2. The molecule has 1 atom stereocenters. The molecule has 2 aromatic heterocycles. The van der Waals surface area contributed by atoms with E-state index in [4.69, 9.17) is 14.5 Å². The SMILES string of the molecule is CCCCc1nc2cc(NC(=O)N(C)C)ccc2n1Cc1ccc(OC(c2ccccc2)c2nn[nH]n2)c(OC)c1. The maximum atomic E-state index is 12.2. The van der Waals surface area contributed by atoms with Gasteiger partial charge in [0.05, 0.1) is 18.1 Å². The van der Waals surface area contributed by atoms with Crippen molar-refractivity contribution in [3.63, 3.8) is 0 Å². The molecular weight excluding hydrogens is 520 g/mol. The fraction of sp³-hybridized carbons (Fsp3) is 0.300. The van der Waals surface area contributed by atoms with Crippen LogP contribution in [0.5, 0.6) is 11.5 Å². The number of unbranched alkanes of at least 4 members (excludes halogenated alkanes) is 1. The van der Waals surface area contributed by atoms with E-state index < -0.39 is 6.10 Å². The number of methoxy groups -OCH3 is 1. The summed E-state index contributed by atoms with van der Waals surface area (Å²) in [6, 6.07) is 21.3. The quantitative estimate of drug-likeness (QED) is 0.230. The number of hydrogen-bond donors (Lipinski definition) is 2. The van der Waals surface area contributed by atoms with Gasteiger partial charge in [-0.25, -0.2) is 9.78 Å². The van der Waals surface area contributed by atoms with Gasteiger partial charge >= 0.3 is 6.03 Å². The lowest BCUT2D eigenvalue weighted by molar-refractivity contribution is 0.225. The van der Waals surface area contributed by atoms with E-state index in [0.717, 1.165) is 47.2 Å². The number of urea groups is 1. The molecule has 2 amide bonds. The Labute approximate surface area is 238 Å². The fourth-order valence-corrected chi connectivity index (χ4v) is 4.59. The number of aryl methyl sites for hydroxylation is 1. The number of tetrazole rings is 1. The first-order valence-corrected chi connectivity index (χ1v) is 13.6. The maximum Gasteiger partial charge on any atom is 0.321 e. The van der Waals surface area contributed by atoms with Crippen LogP contribution in [0.2, 0.25) is 0 Å². The van der Waals surface area contributed by atoms with Gasteiger partial charge < -0.3 is 24.3 Å². The van der Waals surface area contributed by atoms with Crippen molar-refractivity contribution in [2.75, 3.05) is 26.5 Å². The molecule has 3 aromatic carbocycles. The predicted molar refractivity (Wildman–Crippen MR) is 156 cm³/mol. The molecule has 11 heteroatoms. The van der Waals surface area contributed by atoms with Crippen molar-refractivity contribution < 1.29 is 14.3 Å². The number of fused-ring (bicyclic) bond motifs is 1. The van der Waals surface area contributed by atoms with Gasteiger partial charge in [0.1, 0.15) is 5.82 Å². The normalized spacial score (nSPS) is 11.8. The summed E-state index contributed by atoms with van der Waals surface area (Å²) in [6.45, 7) is 2.77. The smallest absolute Gasteiger partial charge is 0.321 e. The number of aromatic amines is 1. The first-order chi connectivity index (χ1) is 20.0. The molecule has 0 aliphatic heterocycles. The number of rotatable bonds is 11. The van der Waals surface area contributed by atoms with E-state index in [1.54, 1.807) is 21.2 Å². The monoisotopic (exact) mass is 554 g/mol. The highest BCUT2D eigenvalue weighted by molar-refractivity contribution is 5.91. The van der Waals surface area contributed by atoms with Crippen LogP contribution in [-0.4, -0.2) is 62.3 Å². The lowest BCUT2D eigenvalue weighted by atomic mass is 10.1. The Balaban J connectivity index is 1.44. The lowest BCUT2D eigenvalue weighted by Gasteiger charge is -2.19. The van der Waals surface area contributed by atoms with Gasteiger partial charge in [-0.05, 0) is 42.3 Å². The predicted octanol–water partition coefficient (Wildman–Crippen LogP) is 5.21. The summed E-state index contributed by atoms with van der Waals surface area (Å²) in [7, 11) is 5.05. The second-order valence-electron chi connectivity index (χ2n) is 9.91. The van der Waals surface area contributed by atoms with Gasteiger partial charge in [0, 0.05) is 38.3 Å². The second-order valence-corrected chi connectivity index (χ2v) is 9.91. The van der Waals surface area contributed by atoms with Gasteiger partial charge in [-0.3, -0.25) is 0 Å². The molecule has 41 heavy (non-hydrogen) atoms. The summed E-state index contributed by atoms with van der Waals surface area (Å²) in [5.41, 5.74) is 4.48. The summed E-state index contributed by atoms with van der Waals surface area (Å²) in [6.07, 6.45) is 2.39. The molecule has 1 unspecified atom stereocenters. The zero-order chi connectivity index (χ0) is 28.8. The molecule has 0 radical (unpaired) electrons. The third-order valence-corrected chi connectivity index (χ3v) is 6.75. The summed E-state index contributed by atoms with van der Waals surface area (Å²) >= 11 is 0. The topological polar surface area (TPSA) is 123 Å². The van der Waals surface area contributed by atoms with Gasteiger partial charge in [0.25, 0.3) is 0 Å². The number of ether oxygens (including phenoxy) is 2. The highest BCUT2D eigenvalue weighted by atomic mass is 16.5. The third kappa shape index (κ3) is 6.29. The number of carbonyl (C=O) groups excluding carboxylic acids is 1. The van der Waals surface area contributed by atoms with Crippen molar-refractivity contribution in [2.45, 2.75) is 38.8 Å². The number of imidazole rings is 1. The minimum absolute atomic E-state index is 0.182. The number of benzene rings is 3. The van der Waals surface area contributed by atoms with E-state index in [2.05, 4.69) is 37.4 Å². The van der Waals surface area contributed by atoms with Crippen LogP contribution >= 0.6 is 0 Å². The van der Waals surface area contributed by atoms with Crippen LogP contribution in [0.25, 0.3) is 11.0 Å². The van der Waals surface area contributed by atoms with Crippen molar-refractivity contribution in [2.24, 2.45) is 0 Å². The average molecular weight is 555 g/mol. The molecule has 11 nitrogen and oxygen atoms in total. The van der Waals surface area contributed by atoms with Gasteiger partial charge in [0.15, 0.2) is 17.6 Å². The van der Waals surface area contributed by atoms with Gasteiger partial charge in [0.2, 0.25) is 5.82 Å². The molecular formula is C30H34N8O3. The number of nitrogens with zero attached hydrogens (tertiary/aromatic N) is 6. The number of hydrogen-bond acceptors (Lipinski definition) is 7. The number of carbonyl (C=O) groups is 1. The van der Waals surface area contributed by atoms with Crippen molar-refractivity contribution in [3.05, 3.63) is 89.5 Å². The number of H-pyrrole nitrogens is 1. The lowest BCUT2D eigenvalue weighted by Crippen LogP contribution is -2.27. The molecule has 0 saturated heterocycles. The first kappa shape index (κ1) is 27.6. The number of nitrogens with one attached hydrogen (secondary N) is 2. The molecule has 0 saturated carbocycles. The summed E-state index contributed by atoms with van der Waals surface area (Å²) < 4.78 is 14.4. The summed E-state index contributed by atoms with van der Waals surface area (Å²) in [4.78, 5) is 18.6. The van der Waals surface area contributed by atoms with Crippen LogP contribution in [0.15, 0.2) is 66.7 Å². The van der Waals surface area contributed by atoms with Gasteiger partial charge in [-0.2, -0.15) is 5.21 Å². The van der Waals surface area contributed by atoms with Crippen molar-refractivity contribution in [1.82, 2.24) is 35.1 Å². The standard InChI is InChI=1S/C30H34N8O3/c1-5-6-12-27-32-23-18-22(31-30(39)37(2)3)14-15-24(23)38(27)19-20-13-16-25(26(17-20)40-4)41-28(29-33-35-36-34-29)21-10-8-7-9-11-21/h7-11,13-18,28H,5-6,12,19H2,1-4H3,(H,31,39)(H,33,34,35,36). The molecule has 5 rings (SSSR count). The van der Waals surface area contributed by atoms with E-state index in [1.807, 2.05) is 66.7 Å². The molecule has 2 heterocycles. The zero-order valence-electron chi connectivity index (χ0n) is 23.7. The van der Waals surface area contributed by atoms with Crippen molar-refractivity contribution in [3.8, 4) is 11.5 Å². The van der Waals surface area contributed by atoms with Crippen molar-refractivity contribution >= 4 is 22.8 Å². The highest BCUT2D eigenvalue weighted by Gasteiger charge is 2.23. The van der Waals surface area contributed by atoms with E-state index >= 15 is 0 Å². The largest absolute Gasteiger partial charge is 0.493 e. The van der Waals surface area contributed by atoms with Crippen LogP contribution < -0.4 is 14.8 Å². The van der Waals surface area contributed by atoms with Crippen LogP contribution in [-0.2, 0) is 13.0 Å². The first-order valence-electron chi connectivity index (χ1n) is 13.6. The molecule has 212 valence electrons. The summed E-state index contributed by atoms with van der Waals surface area (Å²) in [5, 5.41) is 17.4. The third-order valence-electron chi connectivity index (χ3n) is 6.75. The molecule has 0 bridgehead atoms. The molecule has 5 aromatic rings. The van der Waals surface area contributed by atoms with Crippen LogP contribution in [0.4, 0.5) is 10.5 Å². The zero-order valence-corrected chi connectivity index (χ0v) is 23.7. The van der Waals surface area contributed by atoms with Crippen LogP contribution in [0.3, 0.4) is 0 Å². The minimum atomic E-state index is -0.560. The molecule has 2 N–H and O–H groups in total. The van der Waals surface area contributed by atoms with E-state index in [1.165, 1.54) is 4.90 Å². The summed E-state index contributed by atoms with van der Waals surface area (Å²) in [5.74, 6) is 2.59. The average Bonchev–Trinajstić information content (AvgIpc) is 3.64. The Morgan fingerprint density at radius 1 is 1.07 bits per heavy atom. The highest BCUT2D eigenvalue weighted by Crippen LogP contribution is 2.34. The van der Waals surface area contributed by atoms with Crippen molar-refractivity contribution in [1.29, 1.82) is 0 Å². The molecule has 0 spiro atoms. The van der Waals surface area contributed by atoms with Gasteiger partial charge in [-0.1, -0.05) is 55.0 Å². The Morgan fingerprint density at radius 3 is 2.61 bits per heavy atom. The van der Waals surface area contributed by atoms with Crippen LogP contribution in [0, 0.1) is 0 Å². The fourth-order valence-electron chi connectivity index (χ4n) is 4.59. The van der Waals surface area contributed by atoms with Crippen LogP contribution in [0.1, 0.15) is 48.6 Å². The van der Waals surface area contributed by atoms with E-state index in [0.29, 0.717) is 29.6 Å². The number of aromatic nitrogens is 6. The Hall–Kier alpha value is -4.93. The molecule has 0 fully saturated rings.